The van der Waals surface area contributed by atoms with Crippen molar-refractivity contribution in [1.29, 1.82) is 0 Å². The minimum atomic E-state index is 0.811. The quantitative estimate of drug-likeness (QED) is 0.899. The van der Waals surface area contributed by atoms with Crippen LogP contribution >= 0.6 is 11.3 Å². The van der Waals surface area contributed by atoms with Crippen LogP contribution in [0.2, 0.25) is 0 Å². The maximum atomic E-state index is 5.28. The van der Waals surface area contributed by atoms with Crippen molar-refractivity contribution in [3.63, 3.8) is 0 Å². The lowest BCUT2D eigenvalue weighted by atomic mass is 10.1. The van der Waals surface area contributed by atoms with E-state index in [2.05, 4.69) is 16.8 Å². The van der Waals surface area contributed by atoms with Gasteiger partial charge in [0.1, 0.15) is 11.5 Å². The van der Waals surface area contributed by atoms with Gasteiger partial charge < -0.3 is 14.8 Å². The molecule has 0 aliphatic heterocycles. The number of hydrogen-bond donors (Lipinski definition) is 1. The molecule has 0 bridgehead atoms. The maximum Gasteiger partial charge on any atom is 0.123 e. The number of nitrogens with one attached hydrogen (secondary N) is 1. The Labute approximate surface area is 111 Å². The number of benzene rings is 1. The lowest BCUT2D eigenvalue weighted by Gasteiger charge is -2.07. The highest BCUT2D eigenvalue weighted by atomic mass is 32.1. The minimum Gasteiger partial charge on any atom is -0.497 e. The predicted molar refractivity (Wildman–Crippen MR) is 75.6 cm³/mol. The van der Waals surface area contributed by atoms with E-state index < -0.39 is 0 Å². The van der Waals surface area contributed by atoms with Gasteiger partial charge in [0.25, 0.3) is 0 Å². The largest absolute Gasteiger partial charge is 0.497 e. The first kappa shape index (κ1) is 12.9. The molecule has 2 rings (SSSR count). The van der Waals surface area contributed by atoms with Crippen LogP contribution in [0.3, 0.4) is 0 Å². The second kappa shape index (κ2) is 5.89. The highest BCUT2D eigenvalue weighted by molar-refractivity contribution is 7.10. The molecule has 0 unspecified atom stereocenters. The van der Waals surface area contributed by atoms with Gasteiger partial charge in [0.2, 0.25) is 0 Å². The third-order valence-corrected chi connectivity index (χ3v) is 3.63. The first-order valence-electron chi connectivity index (χ1n) is 5.72. The van der Waals surface area contributed by atoms with E-state index in [4.69, 9.17) is 9.47 Å². The van der Waals surface area contributed by atoms with Crippen molar-refractivity contribution in [3.8, 4) is 22.6 Å². The van der Waals surface area contributed by atoms with E-state index in [0.29, 0.717) is 0 Å². The van der Waals surface area contributed by atoms with Gasteiger partial charge in [0.15, 0.2) is 0 Å². The molecule has 1 N–H and O–H groups in total. The van der Waals surface area contributed by atoms with E-state index in [1.54, 1.807) is 25.6 Å². The molecule has 0 amide bonds. The molecule has 0 fully saturated rings. The molecule has 0 saturated heterocycles. The van der Waals surface area contributed by atoms with Crippen LogP contribution in [0.4, 0.5) is 0 Å². The van der Waals surface area contributed by atoms with Crippen molar-refractivity contribution in [3.05, 3.63) is 34.5 Å². The van der Waals surface area contributed by atoms with Crippen molar-refractivity contribution in [1.82, 2.24) is 5.32 Å². The van der Waals surface area contributed by atoms with Crippen LogP contribution in [0.25, 0.3) is 11.1 Å². The molecule has 0 atom stereocenters. The molecular weight excluding hydrogens is 246 g/mol. The van der Waals surface area contributed by atoms with Gasteiger partial charge in [-0.05, 0) is 41.8 Å². The zero-order chi connectivity index (χ0) is 13.0. The molecule has 0 saturated carbocycles. The van der Waals surface area contributed by atoms with Gasteiger partial charge in [-0.25, -0.2) is 0 Å². The number of methoxy groups -OCH3 is 2. The zero-order valence-electron chi connectivity index (χ0n) is 10.8. The van der Waals surface area contributed by atoms with Crippen LogP contribution in [-0.2, 0) is 6.54 Å². The average molecular weight is 263 g/mol. The number of ether oxygens (including phenoxy) is 2. The van der Waals surface area contributed by atoms with Crippen molar-refractivity contribution in [2.75, 3.05) is 21.3 Å². The Hall–Kier alpha value is -1.52. The molecule has 0 aliphatic carbocycles. The molecule has 0 aliphatic rings. The highest BCUT2D eigenvalue weighted by Gasteiger charge is 2.06. The third-order valence-electron chi connectivity index (χ3n) is 2.69. The Morgan fingerprint density at radius 2 is 1.67 bits per heavy atom. The SMILES string of the molecule is CNCc1cc(-c2cc(OC)cc(OC)c2)cs1. The van der Waals surface area contributed by atoms with E-state index in [9.17, 15) is 0 Å². The summed E-state index contributed by atoms with van der Waals surface area (Å²) < 4.78 is 10.6. The Balaban J connectivity index is 2.35. The van der Waals surface area contributed by atoms with E-state index in [0.717, 1.165) is 23.6 Å². The maximum absolute atomic E-state index is 5.28. The number of rotatable bonds is 5. The first-order valence-corrected chi connectivity index (χ1v) is 6.60. The summed E-state index contributed by atoms with van der Waals surface area (Å²) in [4.78, 5) is 1.31. The fourth-order valence-electron chi connectivity index (χ4n) is 1.77. The van der Waals surface area contributed by atoms with Crippen molar-refractivity contribution < 1.29 is 9.47 Å². The summed E-state index contributed by atoms with van der Waals surface area (Å²) in [6, 6.07) is 8.11. The summed E-state index contributed by atoms with van der Waals surface area (Å²) in [7, 11) is 5.28. The van der Waals surface area contributed by atoms with Crippen LogP contribution in [0, 0.1) is 0 Å². The minimum absolute atomic E-state index is 0.811. The Bertz CT molecular complexity index is 500. The van der Waals surface area contributed by atoms with Gasteiger partial charge in [-0.1, -0.05) is 0 Å². The van der Waals surface area contributed by atoms with Gasteiger partial charge in [-0.15, -0.1) is 11.3 Å². The summed E-state index contributed by atoms with van der Waals surface area (Å²) in [5.41, 5.74) is 2.31. The lowest BCUT2D eigenvalue weighted by molar-refractivity contribution is 0.394. The summed E-state index contributed by atoms with van der Waals surface area (Å²) in [5.74, 6) is 1.62. The van der Waals surface area contributed by atoms with Gasteiger partial charge in [-0.3, -0.25) is 0 Å². The van der Waals surface area contributed by atoms with E-state index >= 15 is 0 Å². The second-order valence-corrected chi connectivity index (χ2v) is 4.93. The molecule has 2 aromatic rings. The highest BCUT2D eigenvalue weighted by Crippen LogP contribution is 2.32. The lowest BCUT2D eigenvalue weighted by Crippen LogP contribution is -2.02. The van der Waals surface area contributed by atoms with Gasteiger partial charge >= 0.3 is 0 Å². The molecular formula is C14H17NO2S. The number of thiophene rings is 1. The smallest absolute Gasteiger partial charge is 0.123 e. The van der Waals surface area contributed by atoms with Gasteiger partial charge in [-0.2, -0.15) is 0 Å². The second-order valence-electron chi connectivity index (χ2n) is 3.93. The Morgan fingerprint density at radius 1 is 1.00 bits per heavy atom. The first-order chi connectivity index (χ1) is 8.76. The normalized spacial score (nSPS) is 10.4. The molecule has 0 radical (unpaired) electrons. The predicted octanol–water partition coefficient (Wildman–Crippen LogP) is 3.15. The van der Waals surface area contributed by atoms with Crippen molar-refractivity contribution >= 4 is 11.3 Å². The van der Waals surface area contributed by atoms with E-state index in [-0.39, 0.29) is 0 Å². The molecule has 1 heterocycles. The third kappa shape index (κ3) is 2.83. The van der Waals surface area contributed by atoms with Crippen molar-refractivity contribution in [2.45, 2.75) is 6.54 Å². The topological polar surface area (TPSA) is 30.5 Å². The molecule has 96 valence electrons. The standard InChI is InChI=1S/C14H17NO2S/c1-15-8-14-6-11(9-18-14)10-4-12(16-2)7-13(5-10)17-3/h4-7,9,15H,8H2,1-3H3. The molecule has 1 aromatic heterocycles. The van der Waals surface area contributed by atoms with Crippen LogP contribution in [-0.4, -0.2) is 21.3 Å². The Kier molecular flexibility index (Phi) is 4.23. The fraction of sp³-hybridized carbons (Fsp3) is 0.286. The van der Waals surface area contributed by atoms with Crippen molar-refractivity contribution in [2.24, 2.45) is 0 Å². The Morgan fingerprint density at radius 3 is 2.22 bits per heavy atom. The van der Waals surface area contributed by atoms with Gasteiger partial charge in [0, 0.05) is 17.5 Å². The summed E-state index contributed by atoms with van der Waals surface area (Å²) in [6.45, 7) is 0.895. The molecule has 0 spiro atoms. The van der Waals surface area contributed by atoms with Crippen LogP contribution in [0.1, 0.15) is 4.88 Å². The van der Waals surface area contributed by atoms with Crippen LogP contribution in [0.15, 0.2) is 29.6 Å². The summed E-state index contributed by atoms with van der Waals surface area (Å²) in [5, 5.41) is 5.31. The average Bonchev–Trinajstić information content (AvgIpc) is 2.87. The zero-order valence-corrected chi connectivity index (χ0v) is 11.6. The molecule has 4 heteroatoms. The van der Waals surface area contributed by atoms with E-state index in [1.165, 1.54) is 10.4 Å². The fourth-order valence-corrected chi connectivity index (χ4v) is 2.68. The summed E-state index contributed by atoms with van der Waals surface area (Å²) in [6.07, 6.45) is 0. The van der Waals surface area contributed by atoms with Crippen LogP contribution in [0.5, 0.6) is 11.5 Å². The number of hydrogen-bond acceptors (Lipinski definition) is 4. The molecule has 3 nitrogen and oxygen atoms in total. The molecule has 18 heavy (non-hydrogen) atoms. The van der Waals surface area contributed by atoms with Gasteiger partial charge in [0.05, 0.1) is 14.2 Å². The monoisotopic (exact) mass is 263 g/mol. The summed E-state index contributed by atoms with van der Waals surface area (Å²) >= 11 is 1.75. The van der Waals surface area contributed by atoms with Crippen LogP contribution < -0.4 is 14.8 Å². The van der Waals surface area contributed by atoms with E-state index in [1.807, 2.05) is 25.2 Å². The molecule has 1 aromatic carbocycles.